The molecule has 0 unspecified atom stereocenters. The van der Waals surface area contributed by atoms with Crippen molar-refractivity contribution in [2.75, 3.05) is 52.9 Å². The minimum atomic E-state index is -0.734. The summed E-state index contributed by atoms with van der Waals surface area (Å²) in [6.45, 7) is 42.6. The molecule has 0 amide bonds. The number of carbonyl (C=O) groups excluding carboxylic acids is 14. The van der Waals surface area contributed by atoms with Crippen molar-refractivity contribution in [1.82, 2.24) is 0 Å². The molecular weight excluding hydrogens is 1710 g/mol. The predicted octanol–water partition coefficient (Wildman–Crippen LogP) is 20.6. The zero-order valence-electron chi connectivity index (χ0n) is 86.3. The molecule has 0 aliphatic heterocycles. The molecule has 0 radical (unpaired) electrons. The molecule has 0 aromatic carbocycles. The fraction of sp³-hybridized carbons (Fsp3) is 0.867. The van der Waals surface area contributed by atoms with E-state index in [0.717, 1.165) is 203 Å². The van der Waals surface area contributed by atoms with E-state index in [1.54, 1.807) is 41.5 Å². The Bertz CT molecular complexity index is 3740. The third-order valence-electron chi connectivity index (χ3n) is 31.7. The highest BCUT2D eigenvalue weighted by Crippen LogP contribution is 2.62. The van der Waals surface area contributed by atoms with Crippen LogP contribution in [0.25, 0.3) is 0 Å². The maximum atomic E-state index is 12.4. The summed E-state index contributed by atoms with van der Waals surface area (Å²) >= 11 is 0. The zero-order valence-corrected chi connectivity index (χ0v) is 86.3. The van der Waals surface area contributed by atoms with E-state index in [4.69, 9.17) is 66.3 Å². The van der Waals surface area contributed by atoms with E-state index in [1.165, 1.54) is 32.1 Å². The monoisotopic (exact) mass is 1880 g/mol. The molecule has 0 aromatic heterocycles. The average Bonchev–Trinajstić information content (AvgIpc) is 1.26. The van der Waals surface area contributed by atoms with Gasteiger partial charge in [-0.15, -0.1) is 0 Å². The second-order valence-electron chi connectivity index (χ2n) is 44.3. The Balaban J connectivity index is 0.000000285. The Labute approximate surface area is 796 Å². The first kappa shape index (κ1) is 116. The van der Waals surface area contributed by atoms with Crippen LogP contribution in [0.2, 0.25) is 0 Å². The number of rotatable bonds is 38. The van der Waals surface area contributed by atoms with Crippen molar-refractivity contribution < 1.29 is 133 Å². The quantitative estimate of drug-likeness (QED) is 0.0409. The van der Waals surface area contributed by atoms with E-state index in [1.807, 2.05) is 104 Å². The van der Waals surface area contributed by atoms with Crippen LogP contribution in [0.15, 0.2) is 0 Å². The summed E-state index contributed by atoms with van der Waals surface area (Å²) in [5, 5.41) is 0. The molecule has 0 N–H and O–H groups in total. The van der Waals surface area contributed by atoms with Gasteiger partial charge in [-0.2, -0.15) is 0 Å². The Morgan fingerprint density at radius 2 is 0.474 bits per heavy atom. The standard InChI is InChI=1S/C22H34O6.C21H32O6.C17H30O4.C16H28O4.C15H26O4.C14H24O4/c1-5-21(3,4)20(25)27-12-18(23)26-13-19(24)28-22(6-2)16-8-14-7-15(10-16)11-17(22)9-14;1-5-20(2,3)19(24)26-11-17(22)25-12-18(23)27-21(4)15-7-13-6-14(9-15)10-16(21)8-13;1-5-16(3,4)15(19)20-13-10-14(18)21-17(6-2)11-8-7-9-12-17;1-5-15(3,4)14(18)19-12-13(17)20-16(6-2)10-8-7-9-11-16;1-5-14(2,3)13(17)18-11-12(16)19-15(4)9-7-6-8-10-15;1-5-13(2,3)12(16)17-10-11(15)18-14(4)8-6-7-9-14/h14-17H,5-13H2,1-4H3;13-16H,5-12H2,1-4H3;5-13H2,1-4H3;5-12H2,1-4H3;5-11H2,1-4H3;5-10H2,1-4H3. The molecule has 12 saturated carbocycles. The molecule has 762 valence electrons. The lowest BCUT2D eigenvalue weighted by molar-refractivity contribution is -0.214. The van der Waals surface area contributed by atoms with Crippen LogP contribution in [0, 0.1) is 79.8 Å². The van der Waals surface area contributed by atoms with Gasteiger partial charge >= 0.3 is 83.6 Å². The van der Waals surface area contributed by atoms with Gasteiger partial charge in [0.25, 0.3) is 0 Å². The van der Waals surface area contributed by atoms with Crippen molar-refractivity contribution >= 4 is 83.6 Å². The summed E-state index contributed by atoms with van der Waals surface area (Å²) < 4.78 is 74.2. The minimum Gasteiger partial charge on any atom is -0.465 e. The van der Waals surface area contributed by atoms with Crippen molar-refractivity contribution in [3.8, 4) is 0 Å². The smallest absolute Gasteiger partial charge is 0.344 e. The SMILES string of the molecule is CCC(C)(C)C(=O)OCC(=O)OC1(C)CCCC1.CCC(C)(C)C(=O)OCC(=O)OC1(C)CCCCC1.CCC(C)(C)C(=O)OCC(=O)OCC(=O)OC1(C)C2CC3CC(C2)CC1C3.CCC(C)(C)C(=O)OCC(=O)OCC(=O)OC1(CC)C2CC3CC(C2)CC1C3.CCC1(OC(=O)CCOC(=O)C(C)(C)CC)CCCCC1.CCC1(OC(=O)COC(=O)C(C)(C)CC)CCCCC1. The number of hydrogen-bond acceptors (Lipinski definition) is 28. The van der Waals surface area contributed by atoms with Crippen LogP contribution in [0.1, 0.15) is 417 Å². The second-order valence-corrected chi connectivity index (χ2v) is 44.3. The van der Waals surface area contributed by atoms with Gasteiger partial charge in [0.1, 0.15) is 40.2 Å². The Hall–Kier alpha value is -7.42. The summed E-state index contributed by atoms with van der Waals surface area (Å²) in [4.78, 5) is 166. The Morgan fingerprint density at radius 1 is 0.241 bits per heavy atom. The lowest BCUT2D eigenvalue weighted by Crippen LogP contribution is -2.59. The Kier molecular flexibility index (Phi) is 45.2. The largest absolute Gasteiger partial charge is 0.465 e. The molecule has 28 heteroatoms. The third kappa shape index (κ3) is 35.5. The highest BCUT2D eigenvalue weighted by atomic mass is 16.6. The lowest BCUT2D eigenvalue weighted by atomic mass is 9.49. The summed E-state index contributed by atoms with van der Waals surface area (Å²) in [5.41, 5.74) is -5.59. The first-order valence-electron chi connectivity index (χ1n) is 50.8. The van der Waals surface area contributed by atoms with E-state index in [-0.39, 0.29) is 85.1 Å². The minimum absolute atomic E-state index is 0.112. The number of hydrogen-bond donors (Lipinski definition) is 0. The fourth-order valence-electron chi connectivity index (χ4n) is 20.1. The predicted molar refractivity (Wildman–Crippen MR) is 499 cm³/mol. The van der Waals surface area contributed by atoms with Gasteiger partial charge in [-0.3, -0.25) is 33.6 Å². The van der Waals surface area contributed by atoms with Crippen molar-refractivity contribution in [2.24, 2.45) is 79.8 Å². The molecule has 133 heavy (non-hydrogen) atoms. The van der Waals surface area contributed by atoms with E-state index in [2.05, 4.69) is 20.8 Å². The first-order chi connectivity index (χ1) is 62.1. The molecule has 28 nitrogen and oxygen atoms in total. The van der Waals surface area contributed by atoms with E-state index < -0.39 is 124 Å². The number of esters is 14. The van der Waals surface area contributed by atoms with Gasteiger partial charge in [-0.25, -0.2) is 33.6 Å². The van der Waals surface area contributed by atoms with E-state index >= 15 is 0 Å². The van der Waals surface area contributed by atoms with Crippen LogP contribution < -0.4 is 0 Å². The Morgan fingerprint density at radius 3 is 0.759 bits per heavy atom. The highest BCUT2D eigenvalue weighted by Gasteiger charge is 2.60. The highest BCUT2D eigenvalue weighted by molar-refractivity contribution is 5.84. The molecule has 8 bridgehead atoms. The zero-order chi connectivity index (χ0) is 99.8. The first-order valence-corrected chi connectivity index (χ1v) is 50.8. The van der Waals surface area contributed by atoms with Gasteiger partial charge in [-0.05, 0) is 376 Å². The molecule has 0 heterocycles. The van der Waals surface area contributed by atoms with Crippen LogP contribution in [-0.2, 0) is 133 Å². The van der Waals surface area contributed by atoms with Gasteiger partial charge in [0.2, 0.25) is 0 Å². The van der Waals surface area contributed by atoms with Crippen LogP contribution >= 0.6 is 0 Å². The third-order valence-corrected chi connectivity index (χ3v) is 31.7. The van der Waals surface area contributed by atoms with E-state index in [9.17, 15) is 67.1 Å². The van der Waals surface area contributed by atoms with Crippen molar-refractivity contribution in [2.45, 2.75) is 450 Å². The summed E-state index contributed by atoms with van der Waals surface area (Å²) in [7, 11) is 0. The molecule has 12 aliphatic carbocycles. The topological polar surface area (TPSA) is 368 Å². The molecule has 12 rings (SSSR count). The van der Waals surface area contributed by atoms with Crippen molar-refractivity contribution in [1.29, 1.82) is 0 Å². The van der Waals surface area contributed by atoms with Crippen LogP contribution in [0.5, 0.6) is 0 Å². The molecule has 0 aromatic rings. The van der Waals surface area contributed by atoms with Crippen molar-refractivity contribution in [3.63, 3.8) is 0 Å². The van der Waals surface area contributed by atoms with Gasteiger partial charge in [0.15, 0.2) is 46.2 Å². The number of carbonyl (C=O) groups is 14. The van der Waals surface area contributed by atoms with Gasteiger partial charge in [0, 0.05) is 0 Å². The molecule has 0 saturated heterocycles. The second kappa shape index (κ2) is 51.8. The molecule has 12 aliphatic rings. The average molecular weight is 1880 g/mol. The maximum Gasteiger partial charge on any atom is 0.344 e. The maximum absolute atomic E-state index is 12.4. The summed E-state index contributed by atoms with van der Waals surface area (Å²) in [6.07, 6.45) is 38.2. The van der Waals surface area contributed by atoms with E-state index in [0.29, 0.717) is 55.8 Å². The molecular formula is C105H174O28. The van der Waals surface area contributed by atoms with Gasteiger partial charge in [-0.1, -0.05) is 81.6 Å². The normalized spacial score (nSPS) is 24.8. The van der Waals surface area contributed by atoms with Gasteiger partial charge < -0.3 is 66.3 Å². The van der Waals surface area contributed by atoms with Crippen molar-refractivity contribution in [3.05, 3.63) is 0 Å². The molecule has 12 fully saturated rings. The summed E-state index contributed by atoms with van der Waals surface area (Å²) in [6, 6.07) is 0. The van der Waals surface area contributed by atoms with Crippen LogP contribution in [0.4, 0.5) is 0 Å². The molecule has 0 atom stereocenters. The molecule has 0 spiro atoms. The summed E-state index contributed by atoms with van der Waals surface area (Å²) in [5.74, 6) is -1.34. The lowest BCUT2D eigenvalue weighted by Gasteiger charge is -2.60. The van der Waals surface area contributed by atoms with Crippen LogP contribution in [0.3, 0.4) is 0 Å². The van der Waals surface area contributed by atoms with Crippen LogP contribution in [-0.4, -0.2) is 170 Å². The van der Waals surface area contributed by atoms with Gasteiger partial charge in [0.05, 0.1) is 38.9 Å². The number of ether oxygens (including phenoxy) is 14. The fourth-order valence-corrected chi connectivity index (χ4v) is 20.1.